The minimum absolute atomic E-state index is 0.185. The van der Waals surface area contributed by atoms with E-state index in [1.807, 2.05) is 35.2 Å². The molecule has 4 heteroatoms. The van der Waals surface area contributed by atoms with Crippen molar-refractivity contribution in [3.8, 4) is 0 Å². The van der Waals surface area contributed by atoms with Gasteiger partial charge in [-0.05, 0) is 40.8 Å². The monoisotopic (exact) mass is 287 g/mol. The van der Waals surface area contributed by atoms with Gasteiger partial charge in [0.1, 0.15) is 6.61 Å². The van der Waals surface area contributed by atoms with Crippen LogP contribution in [0.1, 0.15) is 30.0 Å². The molecule has 1 amide bonds. The highest BCUT2D eigenvalue weighted by molar-refractivity contribution is 7.07. The summed E-state index contributed by atoms with van der Waals surface area (Å²) >= 11 is 1.67. The SMILES string of the molecule is O=C(OCc1ccccc1)N1CCC[C@@H]1c1ccsc1. The van der Waals surface area contributed by atoms with Crippen molar-refractivity contribution in [3.05, 3.63) is 58.3 Å². The largest absolute Gasteiger partial charge is 0.445 e. The molecule has 0 bridgehead atoms. The zero-order valence-corrected chi connectivity index (χ0v) is 12.0. The van der Waals surface area contributed by atoms with Crippen molar-refractivity contribution in [3.63, 3.8) is 0 Å². The van der Waals surface area contributed by atoms with Crippen molar-refractivity contribution >= 4 is 17.4 Å². The molecule has 1 fully saturated rings. The topological polar surface area (TPSA) is 29.5 Å². The van der Waals surface area contributed by atoms with Crippen molar-refractivity contribution in [2.75, 3.05) is 6.54 Å². The van der Waals surface area contributed by atoms with E-state index >= 15 is 0 Å². The maximum Gasteiger partial charge on any atom is 0.410 e. The summed E-state index contributed by atoms with van der Waals surface area (Å²) in [6.45, 7) is 1.13. The standard InChI is InChI=1S/C16H17NO2S/c18-16(19-11-13-5-2-1-3-6-13)17-9-4-7-15(17)14-8-10-20-12-14/h1-3,5-6,8,10,12,15H,4,7,9,11H2/t15-/m1/s1. The van der Waals surface area contributed by atoms with Crippen LogP contribution >= 0.6 is 11.3 Å². The fourth-order valence-electron chi connectivity index (χ4n) is 2.60. The molecule has 1 aliphatic rings. The van der Waals surface area contributed by atoms with Crippen LogP contribution in [-0.2, 0) is 11.3 Å². The van der Waals surface area contributed by atoms with E-state index in [-0.39, 0.29) is 12.1 Å². The Bertz CT molecular complexity index is 553. The van der Waals surface area contributed by atoms with Gasteiger partial charge in [0.05, 0.1) is 6.04 Å². The third-order valence-corrected chi connectivity index (χ3v) is 4.32. The van der Waals surface area contributed by atoms with Gasteiger partial charge in [-0.25, -0.2) is 4.79 Å². The molecule has 1 atom stereocenters. The average molecular weight is 287 g/mol. The zero-order valence-electron chi connectivity index (χ0n) is 11.2. The third kappa shape index (κ3) is 2.85. The Morgan fingerprint density at radius 3 is 2.90 bits per heavy atom. The van der Waals surface area contributed by atoms with E-state index < -0.39 is 0 Å². The number of nitrogens with zero attached hydrogens (tertiary/aromatic N) is 1. The predicted molar refractivity (Wildman–Crippen MR) is 79.6 cm³/mol. The van der Waals surface area contributed by atoms with E-state index in [1.165, 1.54) is 5.56 Å². The highest BCUT2D eigenvalue weighted by atomic mass is 32.1. The Balaban J connectivity index is 1.62. The predicted octanol–water partition coefficient (Wildman–Crippen LogP) is 4.22. The van der Waals surface area contributed by atoms with Crippen molar-refractivity contribution in [1.82, 2.24) is 4.90 Å². The van der Waals surface area contributed by atoms with Gasteiger partial charge in [-0.2, -0.15) is 11.3 Å². The maximum atomic E-state index is 12.2. The van der Waals surface area contributed by atoms with Crippen LogP contribution in [0.3, 0.4) is 0 Å². The van der Waals surface area contributed by atoms with Gasteiger partial charge in [-0.1, -0.05) is 30.3 Å². The molecule has 2 heterocycles. The molecule has 3 nitrogen and oxygen atoms in total. The minimum Gasteiger partial charge on any atom is -0.445 e. The summed E-state index contributed by atoms with van der Waals surface area (Å²) in [7, 11) is 0. The molecule has 0 saturated carbocycles. The number of hydrogen-bond acceptors (Lipinski definition) is 3. The number of carbonyl (C=O) groups excluding carboxylic acids is 1. The molecule has 20 heavy (non-hydrogen) atoms. The molecular weight excluding hydrogens is 270 g/mol. The van der Waals surface area contributed by atoms with Crippen LogP contribution in [-0.4, -0.2) is 17.5 Å². The summed E-state index contributed by atoms with van der Waals surface area (Å²) in [6, 6.07) is 12.1. The Hall–Kier alpha value is -1.81. The molecule has 0 unspecified atom stereocenters. The van der Waals surface area contributed by atoms with Gasteiger partial charge in [0, 0.05) is 6.54 Å². The number of thiophene rings is 1. The van der Waals surface area contributed by atoms with Crippen molar-refractivity contribution in [1.29, 1.82) is 0 Å². The molecule has 2 aromatic rings. The highest BCUT2D eigenvalue weighted by Gasteiger charge is 2.31. The average Bonchev–Trinajstić information content (AvgIpc) is 3.15. The second-order valence-electron chi connectivity index (χ2n) is 4.95. The summed E-state index contributed by atoms with van der Waals surface area (Å²) in [6.07, 6.45) is 1.86. The zero-order chi connectivity index (χ0) is 13.8. The minimum atomic E-state index is -0.206. The number of amides is 1. The normalized spacial score (nSPS) is 18.2. The van der Waals surface area contributed by atoms with E-state index in [2.05, 4.69) is 16.8 Å². The number of benzene rings is 1. The lowest BCUT2D eigenvalue weighted by Gasteiger charge is -2.23. The molecule has 0 N–H and O–H groups in total. The van der Waals surface area contributed by atoms with Crippen LogP contribution in [0.15, 0.2) is 47.2 Å². The number of ether oxygens (including phenoxy) is 1. The smallest absolute Gasteiger partial charge is 0.410 e. The highest BCUT2D eigenvalue weighted by Crippen LogP contribution is 2.33. The molecule has 1 aliphatic heterocycles. The lowest BCUT2D eigenvalue weighted by molar-refractivity contribution is 0.0921. The first-order chi connectivity index (χ1) is 9.84. The molecule has 0 aliphatic carbocycles. The fraction of sp³-hybridized carbons (Fsp3) is 0.312. The summed E-state index contributed by atoms with van der Waals surface area (Å²) < 4.78 is 5.43. The van der Waals surface area contributed by atoms with Crippen molar-refractivity contribution in [2.24, 2.45) is 0 Å². The van der Waals surface area contributed by atoms with Gasteiger partial charge < -0.3 is 9.64 Å². The first-order valence-electron chi connectivity index (χ1n) is 6.84. The van der Waals surface area contributed by atoms with Gasteiger partial charge in [0.25, 0.3) is 0 Å². The van der Waals surface area contributed by atoms with E-state index in [1.54, 1.807) is 11.3 Å². The molecule has 1 saturated heterocycles. The summed E-state index contributed by atoms with van der Waals surface area (Å²) in [4.78, 5) is 14.1. The van der Waals surface area contributed by atoms with Gasteiger partial charge in [-0.15, -0.1) is 0 Å². The Morgan fingerprint density at radius 1 is 1.30 bits per heavy atom. The van der Waals surface area contributed by atoms with Gasteiger partial charge in [-0.3, -0.25) is 0 Å². The van der Waals surface area contributed by atoms with Crippen LogP contribution in [0.2, 0.25) is 0 Å². The maximum absolute atomic E-state index is 12.2. The molecule has 1 aromatic carbocycles. The van der Waals surface area contributed by atoms with Crippen molar-refractivity contribution < 1.29 is 9.53 Å². The fourth-order valence-corrected chi connectivity index (χ4v) is 3.31. The number of carbonyl (C=O) groups is 1. The van der Waals surface area contributed by atoms with Gasteiger partial charge >= 0.3 is 6.09 Å². The van der Waals surface area contributed by atoms with E-state index in [0.717, 1.165) is 24.9 Å². The number of rotatable bonds is 3. The third-order valence-electron chi connectivity index (χ3n) is 3.62. The van der Waals surface area contributed by atoms with Crippen LogP contribution in [0.5, 0.6) is 0 Å². The first kappa shape index (κ1) is 13.2. The molecule has 104 valence electrons. The Labute approximate surface area is 122 Å². The van der Waals surface area contributed by atoms with Crippen LogP contribution in [0.4, 0.5) is 4.79 Å². The van der Waals surface area contributed by atoms with Crippen LogP contribution in [0.25, 0.3) is 0 Å². The quantitative estimate of drug-likeness (QED) is 0.845. The summed E-state index contributed by atoms with van der Waals surface area (Å²) in [5, 5.41) is 4.18. The summed E-state index contributed by atoms with van der Waals surface area (Å²) in [5.41, 5.74) is 2.25. The van der Waals surface area contributed by atoms with E-state index in [4.69, 9.17) is 4.74 Å². The van der Waals surface area contributed by atoms with Crippen LogP contribution < -0.4 is 0 Å². The number of likely N-dealkylation sites (tertiary alicyclic amines) is 1. The Kier molecular flexibility index (Phi) is 4.02. The van der Waals surface area contributed by atoms with Crippen molar-refractivity contribution in [2.45, 2.75) is 25.5 Å². The Morgan fingerprint density at radius 2 is 2.15 bits per heavy atom. The van der Waals surface area contributed by atoms with E-state index in [0.29, 0.717) is 6.61 Å². The second-order valence-corrected chi connectivity index (χ2v) is 5.73. The molecular formula is C16H17NO2S. The lowest BCUT2D eigenvalue weighted by Crippen LogP contribution is -2.30. The number of hydrogen-bond donors (Lipinski definition) is 0. The second kappa shape index (κ2) is 6.09. The molecule has 0 radical (unpaired) electrons. The summed E-state index contributed by atoms with van der Waals surface area (Å²) in [5.74, 6) is 0. The lowest BCUT2D eigenvalue weighted by atomic mass is 10.1. The van der Waals surface area contributed by atoms with Crippen LogP contribution in [0, 0.1) is 0 Å². The van der Waals surface area contributed by atoms with E-state index in [9.17, 15) is 4.79 Å². The molecule has 3 rings (SSSR count). The van der Waals surface area contributed by atoms with Gasteiger partial charge in [0.15, 0.2) is 0 Å². The molecule has 1 aromatic heterocycles. The molecule has 0 spiro atoms. The first-order valence-corrected chi connectivity index (χ1v) is 7.78. The van der Waals surface area contributed by atoms with Gasteiger partial charge in [0.2, 0.25) is 0 Å².